The minimum Gasteiger partial charge on any atom is -0.439 e. The lowest BCUT2D eigenvalue weighted by molar-refractivity contribution is 0.292. The SMILES string of the molecule is CCN(CC)CCCC(C)NC(=NC)NCc1ccc(Oc2ccc(F)cc2)nc1. The number of pyridine rings is 1. The van der Waals surface area contributed by atoms with Crippen molar-refractivity contribution >= 4 is 5.96 Å². The quantitative estimate of drug-likeness (QED) is 0.426. The third-order valence-corrected chi connectivity index (χ3v) is 4.91. The summed E-state index contributed by atoms with van der Waals surface area (Å²) < 4.78 is 18.6. The molecule has 0 aliphatic carbocycles. The molecule has 0 spiro atoms. The van der Waals surface area contributed by atoms with Crippen LogP contribution < -0.4 is 15.4 Å². The van der Waals surface area contributed by atoms with E-state index in [-0.39, 0.29) is 5.82 Å². The average molecular weight is 416 g/mol. The molecule has 1 aromatic carbocycles. The van der Waals surface area contributed by atoms with E-state index in [9.17, 15) is 4.39 Å². The van der Waals surface area contributed by atoms with Crippen LogP contribution in [0, 0.1) is 5.82 Å². The van der Waals surface area contributed by atoms with E-state index >= 15 is 0 Å². The number of ether oxygens (including phenoxy) is 1. The molecule has 30 heavy (non-hydrogen) atoms. The Balaban J connectivity index is 1.75. The molecule has 1 unspecified atom stereocenters. The molecule has 2 rings (SSSR count). The number of halogens is 1. The number of hydrogen-bond acceptors (Lipinski definition) is 4. The van der Waals surface area contributed by atoms with Crippen LogP contribution in [-0.4, -0.2) is 48.6 Å². The van der Waals surface area contributed by atoms with Gasteiger partial charge < -0.3 is 20.3 Å². The first-order valence-corrected chi connectivity index (χ1v) is 10.6. The second-order valence-corrected chi connectivity index (χ2v) is 7.20. The summed E-state index contributed by atoms with van der Waals surface area (Å²) in [4.78, 5) is 11.1. The van der Waals surface area contributed by atoms with E-state index in [0.29, 0.717) is 24.2 Å². The van der Waals surface area contributed by atoms with E-state index in [1.807, 2.05) is 6.07 Å². The first-order chi connectivity index (χ1) is 14.5. The Labute approximate surface area is 179 Å². The Morgan fingerprint density at radius 2 is 1.90 bits per heavy atom. The number of nitrogens with one attached hydrogen (secondary N) is 2. The lowest BCUT2D eigenvalue weighted by atomic mass is 10.2. The van der Waals surface area contributed by atoms with Crippen molar-refractivity contribution in [3.63, 3.8) is 0 Å². The number of benzene rings is 1. The van der Waals surface area contributed by atoms with Crippen molar-refractivity contribution in [2.75, 3.05) is 26.7 Å². The van der Waals surface area contributed by atoms with Crippen LogP contribution in [0.15, 0.2) is 47.6 Å². The second-order valence-electron chi connectivity index (χ2n) is 7.20. The molecule has 7 heteroatoms. The zero-order valence-electron chi connectivity index (χ0n) is 18.5. The van der Waals surface area contributed by atoms with Crippen molar-refractivity contribution in [1.29, 1.82) is 0 Å². The molecule has 0 aliphatic heterocycles. The third kappa shape index (κ3) is 8.37. The summed E-state index contributed by atoms with van der Waals surface area (Å²) in [7, 11) is 1.77. The van der Waals surface area contributed by atoms with Crippen molar-refractivity contribution in [2.24, 2.45) is 4.99 Å². The molecule has 0 bridgehead atoms. The Morgan fingerprint density at radius 1 is 1.17 bits per heavy atom. The number of rotatable bonds is 11. The van der Waals surface area contributed by atoms with Crippen LogP contribution in [0.2, 0.25) is 0 Å². The van der Waals surface area contributed by atoms with Gasteiger partial charge in [-0.2, -0.15) is 0 Å². The van der Waals surface area contributed by atoms with Gasteiger partial charge in [0.15, 0.2) is 5.96 Å². The molecule has 0 aliphatic rings. The first kappa shape index (κ1) is 23.6. The maximum Gasteiger partial charge on any atom is 0.219 e. The van der Waals surface area contributed by atoms with Gasteiger partial charge in [-0.05, 0) is 69.2 Å². The van der Waals surface area contributed by atoms with Crippen LogP contribution in [0.3, 0.4) is 0 Å². The fourth-order valence-corrected chi connectivity index (χ4v) is 3.05. The first-order valence-electron chi connectivity index (χ1n) is 10.6. The van der Waals surface area contributed by atoms with Crippen LogP contribution in [0.1, 0.15) is 39.2 Å². The maximum absolute atomic E-state index is 13.0. The van der Waals surface area contributed by atoms with Gasteiger partial charge in [-0.15, -0.1) is 0 Å². The molecule has 164 valence electrons. The van der Waals surface area contributed by atoms with Crippen LogP contribution in [0.4, 0.5) is 4.39 Å². The van der Waals surface area contributed by atoms with Gasteiger partial charge in [0.2, 0.25) is 5.88 Å². The highest BCUT2D eigenvalue weighted by Crippen LogP contribution is 2.19. The predicted octanol–water partition coefficient (Wildman–Crippen LogP) is 4.19. The largest absolute Gasteiger partial charge is 0.439 e. The lowest BCUT2D eigenvalue weighted by Crippen LogP contribution is -2.42. The normalized spacial score (nSPS) is 12.7. The highest BCUT2D eigenvalue weighted by Gasteiger charge is 2.07. The summed E-state index contributed by atoms with van der Waals surface area (Å²) in [6.07, 6.45) is 4.01. The van der Waals surface area contributed by atoms with Gasteiger partial charge in [-0.3, -0.25) is 4.99 Å². The van der Waals surface area contributed by atoms with Gasteiger partial charge in [0.1, 0.15) is 11.6 Å². The molecule has 1 heterocycles. The van der Waals surface area contributed by atoms with Gasteiger partial charge in [0.05, 0.1) is 0 Å². The van der Waals surface area contributed by atoms with Crippen molar-refractivity contribution < 1.29 is 9.13 Å². The van der Waals surface area contributed by atoms with E-state index in [4.69, 9.17) is 4.74 Å². The monoisotopic (exact) mass is 415 g/mol. The Morgan fingerprint density at radius 3 is 2.50 bits per heavy atom. The van der Waals surface area contributed by atoms with Crippen molar-refractivity contribution in [3.8, 4) is 11.6 Å². The molecule has 1 atom stereocenters. The van der Waals surface area contributed by atoms with E-state index < -0.39 is 0 Å². The zero-order valence-corrected chi connectivity index (χ0v) is 18.5. The summed E-state index contributed by atoms with van der Waals surface area (Å²) in [5, 5.41) is 6.76. The van der Waals surface area contributed by atoms with Gasteiger partial charge in [-0.1, -0.05) is 19.9 Å². The van der Waals surface area contributed by atoms with Crippen LogP contribution in [0.5, 0.6) is 11.6 Å². The number of nitrogens with zero attached hydrogens (tertiary/aromatic N) is 3. The van der Waals surface area contributed by atoms with Crippen LogP contribution in [0.25, 0.3) is 0 Å². The van der Waals surface area contributed by atoms with Crippen molar-refractivity contribution in [3.05, 3.63) is 54.0 Å². The molecule has 2 N–H and O–H groups in total. The van der Waals surface area contributed by atoms with E-state index in [2.05, 4.69) is 46.3 Å². The molecular weight excluding hydrogens is 381 g/mol. The summed E-state index contributed by atoms with van der Waals surface area (Å²) in [6.45, 7) is 10.5. The molecule has 0 radical (unpaired) electrons. The average Bonchev–Trinajstić information content (AvgIpc) is 2.76. The van der Waals surface area contributed by atoms with E-state index in [0.717, 1.165) is 44.0 Å². The predicted molar refractivity (Wildman–Crippen MR) is 121 cm³/mol. The van der Waals surface area contributed by atoms with Gasteiger partial charge in [0, 0.05) is 31.9 Å². The molecular formula is C23H34FN5O. The summed E-state index contributed by atoms with van der Waals surface area (Å²) in [6, 6.07) is 9.95. The minimum absolute atomic E-state index is 0.294. The fourth-order valence-electron chi connectivity index (χ4n) is 3.05. The Kier molecular flexibility index (Phi) is 10.1. The van der Waals surface area contributed by atoms with Gasteiger partial charge >= 0.3 is 0 Å². The zero-order chi connectivity index (χ0) is 21.8. The smallest absolute Gasteiger partial charge is 0.219 e. The van der Waals surface area contributed by atoms with Crippen LogP contribution >= 0.6 is 0 Å². The highest BCUT2D eigenvalue weighted by molar-refractivity contribution is 5.79. The highest BCUT2D eigenvalue weighted by atomic mass is 19.1. The van der Waals surface area contributed by atoms with Gasteiger partial charge in [0.25, 0.3) is 0 Å². The lowest BCUT2D eigenvalue weighted by Gasteiger charge is -2.21. The van der Waals surface area contributed by atoms with Gasteiger partial charge in [-0.25, -0.2) is 9.37 Å². The van der Waals surface area contributed by atoms with Crippen LogP contribution in [-0.2, 0) is 6.54 Å². The fraction of sp³-hybridized carbons (Fsp3) is 0.478. The number of hydrogen-bond donors (Lipinski definition) is 2. The molecule has 0 saturated heterocycles. The Hall–Kier alpha value is -2.67. The number of aromatic nitrogens is 1. The summed E-state index contributed by atoms with van der Waals surface area (Å²) >= 11 is 0. The topological polar surface area (TPSA) is 61.8 Å². The molecule has 0 fully saturated rings. The molecule has 0 saturated carbocycles. The third-order valence-electron chi connectivity index (χ3n) is 4.91. The van der Waals surface area contributed by atoms with Crippen molar-refractivity contribution in [2.45, 2.75) is 46.2 Å². The molecule has 0 amide bonds. The molecule has 1 aromatic heterocycles. The molecule has 6 nitrogen and oxygen atoms in total. The summed E-state index contributed by atoms with van der Waals surface area (Å²) in [5.41, 5.74) is 1.01. The van der Waals surface area contributed by atoms with E-state index in [1.54, 1.807) is 31.4 Å². The number of aliphatic imine (C=N–C) groups is 1. The maximum atomic E-state index is 13.0. The summed E-state index contributed by atoms with van der Waals surface area (Å²) in [5.74, 6) is 1.50. The van der Waals surface area contributed by atoms with Crippen molar-refractivity contribution in [1.82, 2.24) is 20.5 Å². The standard InChI is InChI=1S/C23H34FN5O/c1-5-29(6-2)15-7-8-18(3)28-23(25-4)27-17-19-9-14-22(26-16-19)30-21-12-10-20(24)11-13-21/h9-14,16,18H,5-8,15,17H2,1-4H3,(H2,25,27,28). The Bertz CT molecular complexity index is 760. The second kappa shape index (κ2) is 12.8. The van der Waals surface area contributed by atoms with E-state index in [1.165, 1.54) is 12.1 Å². The molecule has 2 aromatic rings. The minimum atomic E-state index is -0.294. The number of guanidine groups is 1.